The van der Waals surface area contributed by atoms with Crippen LogP contribution >= 0.6 is 0 Å². The number of carboxylic acids is 1. The molecule has 7 nitrogen and oxygen atoms in total. The first-order chi connectivity index (χ1) is 8.58. The molecule has 18 heavy (non-hydrogen) atoms. The minimum absolute atomic E-state index is 0.0452. The summed E-state index contributed by atoms with van der Waals surface area (Å²) in [6.07, 6.45) is 0.953. The second-order valence-corrected chi connectivity index (χ2v) is 4.44. The Balaban J connectivity index is 2.29. The number of likely N-dealkylation sites (tertiary alicyclic amines) is 1. The lowest BCUT2D eigenvalue weighted by Gasteiger charge is -2.30. The van der Waals surface area contributed by atoms with Gasteiger partial charge >= 0.3 is 5.97 Å². The van der Waals surface area contributed by atoms with Crippen LogP contribution in [0.25, 0.3) is 0 Å². The van der Waals surface area contributed by atoms with Gasteiger partial charge in [0, 0.05) is 13.1 Å². The predicted octanol–water partition coefficient (Wildman–Crippen LogP) is -1.75. The molecule has 0 unspecified atom stereocenters. The minimum atomic E-state index is -0.805. The standard InChI is InChI=1S/C11H20N2O5/c14-6-9(7-15)12-5-10(16)13-3-1-8(2-4-13)11(17)18/h8-9,12,14-15H,1-7H2,(H,17,18). The van der Waals surface area contributed by atoms with Crippen LogP contribution in [-0.2, 0) is 9.59 Å². The molecule has 0 spiro atoms. The van der Waals surface area contributed by atoms with Gasteiger partial charge in [-0.1, -0.05) is 0 Å². The van der Waals surface area contributed by atoms with E-state index in [0.717, 1.165) is 0 Å². The summed E-state index contributed by atoms with van der Waals surface area (Å²) in [4.78, 5) is 24.1. The third-order valence-electron chi connectivity index (χ3n) is 3.18. The van der Waals surface area contributed by atoms with E-state index in [9.17, 15) is 9.59 Å². The fourth-order valence-corrected chi connectivity index (χ4v) is 1.91. The Morgan fingerprint density at radius 2 is 1.78 bits per heavy atom. The summed E-state index contributed by atoms with van der Waals surface area (Å²) in [6.45, 7) is 0.472. The molecule has 0 radical (unpaired) electrons. The van der Waals surface area contributed by atoms with Crippen LogP contribution in [0.4, 0.5) is 0 Å². The number of nitrogens with one attached hydrogen (secondary N) is 1. The van der Waals surface area contributed by atoms with Crippen molar-refractivity contribution < 1.29 is 24.9 Å². The first kappa shape index (κ1) is 14.9. The summed E-state index contributed by atoms with van der Waals surface area (Å²) in [5.41, 5.74) is 0. The Kier molecular flexibility index (Phi) is 6.03. The number of hydrogen-bond donors (Lipinski definition) is 4. The van der Waals surface area contributed by atoms with E-state index in [4.69, 9.17) is 15.3 Å². The summed E-state index contributed by atoms with van der Waals surface area (Å²) in [5.74, 6) is -1.30. The molecule has 0 atom stereocenters. The predicted molar refractivity (Wildman–Crippen MR) is 62.9 cm³/mol. The Morgan fingerprint density at radius 1 is 1.22 bits per heavy atom. The molecule has 104 valence electrons. The second-order valence-electron chi connectivity index (χ2n) is 4.44. The maximum atomic E-state index is 11.8. The number of aliphatic carboxylic acids is 1. The average Bonchev–Trinajstić information content (AvgIpc) is 2.39. The van der Waals surface area contributed by atoms with Crippen LogP contribution in [0, 0.1) is 5.92 Å². The molecule has 1 amide bonds. The molecule has 0 bridgehead atoms. The number of aliphatic hydroxyl groups excluding tert-OH is 2. The van der Waals surface area contributed by atoms with Crippen molar-refractivity contribution in [3.8, 4) is 0 Å². The van der Waals surface area contributed by atoms with E-state index in [2.05, 4.69) is 5.32 Å². The lowest BCUT2D eigenvalue weighted by atomic mass is 9.97. The molecule has 4 N–H and O–H groups in total. The molecule has 0 aromatic rings. The molecule has 1 fully saturated rings. The van der Waals surface area contributed by atoms with Gasteiger partial charge in [0.2, 0.25) is 5.91 Å². The van der Waals surface area contributed by atoms with Gasteiger partial charge in [0.25, 0.3) is 0 Å². The van der Waals surface area contributed by atoms with Gasteiger partial charge < -0.3 is 25.5 Å². The lowest BCUT2D eigenvalue weighted by molar-refractivity contribution is -0.145. The fourth-order valence-electron chi connectivity index (χ4n) is 1.91. The fraction of sp³-hybridized carbons (Fsp3) is 0.818. The monoisotopic (exact) mass is 260 g/mol. The summed E-state index contributed by atoms with van der Waals surface area (Å²) < 4.78 is 0. The quantitative estimate of drug-likeness (QED) is 0.451. The molecule has 1 rings (SSSR count). The highest BCUT2D eigenvalue weighted by atomic mass is 16.4. The number of amides is 1. The van der Waals surface area contributed by atoms with E-state index in [1.807, 2.05) is 0 Å². The Bertz CT molecular complexity index is 285. The van der Waals surface area contributed by atoms with Crippen molar-refractivity contribution in [1.82, 2.24) is 10.2 Å². The van der Waals surface area contributed by atoms with E-state index in [1.54, 1.807) is 4.90 Å². The molecule has 1 saturated heterocycles. The summed E-state index contributed by atoms with van der Waals surface area (Å²) in [7, 11) is 0. The topological polar surface area (TPSA) is 110 Å². The molecular formula is C11H20N2O5. The Hall–Kier alpha value is -1.18. The molecule has 7 heteroatoms. The maximum Gasteiger partial charge on any atom is 0.306 e. The van der Waals surface area contributed by atoms with E-state index in [0.29, 0.717) is 25.9 Å². The normalized spacial score (nSPS) is 17.2. The number of rotatable bonds is 6. The molecule has 0 aliphatic carbocycles. The molecule has 0 aromatic heterocycles. The first-order valence-corrected chi connectivity index (χ1v) is 6.04. The largest absolute Gasteiger partial charge is 0.481 e. The van der Waals surface area contributed by atoms with Gasteiger partial charge in [0.15, 0.2) is 0 Å². The SMILES string of the molecule is O=C(O)C1CCN(C(=O)CNC(CO)CO)CC1. The van der Waals surface area contributed by atoms with Gasteiger partial charge in [-0.2, -0.15) is 0 Å². The highest BCUT2D eigenvalue weighted by molar-refractivity contribution is 5.79. The average molecular weight is 260 g/mol. The summed E-state index contributed by atoms with van der Waals surface area (Å²) in [5, 5.41) is 29.2. The number of hydrogen-bond acceptors (Lipinski definition) is 5. The van der Waals surface area contributed by atoms with E-state index < -0.39 is 12.0 Å². The maximum absolute atomic E-state index is 11.8. The van der Waals surface area contributed by atoms with Crippen molar-refractivity contribution in [1.29, 1.82) is 0 Å². The van der Waals surface area contributed by atoms with Gasteiger partial charge in [-0.3, -0.25) is 9.59 Å². The summed E-state index contributed by atoms with van der Waals surface area (Å²) in [6, 6.07) is -0.495. The number of carbonyl (C=O) groups is 2. The van der Waals surface area contributed by atoms with Gasteiger partial charge in [-0.25, -0.2) is 0 Å². The number of aliphatic hydroxyl groups is 2. The molecule has 0 saturated carbocycles. The van der Waals surface area contributed by atoms with Gasteiger partial charge in [0.05, 0.1) is 31.7 Å². The molecule has 1 aliphatic rings. The van der Waals surface area contributed by atoms with Gasteiger partial charge in [-0.05, 0) is 12.8 Å². The Labute approximate surface area is 105 Å². The number of carbonyl (C=O) groups excluding carboxylic acids is 1. The van der Waals surface area contributed by atoms with Crippen LogP contribution in [0.2, 0.25) is 0 Å². The molecule has 1 heterocycles. The highest BCUT2D eigenvalue weighted by Gasteiger charge is 2.26. The second kappa shape index (κ2) is 7.30. The van der Waals surface area contributed by atoms with Crippen LogP contribution in [0.1, 0.15) is 12.8 Å². The minimum Gasteiger partial charge on any atom is -0.481 e. The van der Waals surface area contributed by atoms with Crippen molar-refractivity contribution >= 4 is 11.9 Å². The lowest BCUT2D eigenvalue weighted by Crippen LogP contribution is -2.47. The van der Waals surface area contributed by atoms with Crippen molar-refractivity contribution in [3.63, 3.8) is 0 Å². The van der Waals surface area contributed by atoms with Crippen molar-refractivity contribution in [2.45, 2.75) is 18.9 Å². The van der Waals surface area contributed by atoms with Crippen LogP contribution in [0.15, 0.2) is 0 Å². The van der Waals surface area contributed by atoms with E-state index in [-0.39, 0.29) is 31.6 Å². The number of nitrogens with zero attached hydrogens (tertiary/aromatic N) is 1. The van der Waals surface area contributed by atoms with E-state index in [1.165, 1.54) is 0 Å². The van der Waals surface area contributed by atoms with Gasteiger partial charge in [-0.15, -0.1) is 0 Å². The number of carboxylic acid groups (broad SMARTS) is 1. The zero-order valence-electron chi connectivity index (χ0n) is 10.2. The van der Waals surface area contributed by atoms with Crippen molar-refractivity contribution in [3.05, 3.63) is 0 Å². The first-order valence-electron chi connectivity index (χ1n) is 6.04. The van der Waals surface area contributed by atoms with E-state index >= 15 is 0 Å². The smallest absolute Gasteiger partial charge is 0.306 e. The molecule has 0 aromatic carbocycles. The van der Waals surface area contributed by atoms with Crippen LogP contribution in [0.3, 0.4) is 0 Å². The molecule has 1 aliphatic heterocycles. The molecular weight excluding hydrogens is 240 g/mol. The summed E-state index contributed by atoms with van der Waals surface area (Å²) >= 11 is 0. The van der Waals surface area contributed by atoms with Gasteiger partial charge in [0.1, 0.15) is 0 Å². The van der Waals surface area contributed by atoms with Crippen molar-refractivity contribution in [2.75, 3.05) is 32.8 Å². The van der Waals surface area contributed by atoms with Crippen molar-refractivity contribution in [2.24, 2.45) is 5.92 Å². The zero-order chi connectivity index (χ0) is 13.5. The third-order valence-corrected chi connectivity index (χ3v) is 3.18. The Morgan fingerprint density at radius 3 is 2.22 bits per heavy atom. The van der Waals surface area contributed by atoms with Crippen LogP contribution in [-0.4, -0.2) is 71.0 Å². The zero-order valence-corrected chi connectivity index (χ0v) is 10.2. The number of piperidine rings is 1. The van der Waals surface area contributed by atoms with Crippen LogP contribution in [0.5, 0.6) is 0 Å². The third kappa shape index (κ3) is 4.25. The highest BCUT2D eigenvalue weighted by Crippen LogP contribution is 2.17. The van der Waals surface area contributed by atoms with Crippen LogP contribution < -0.4 is 5.32 Å².